The summed E-state index contributed by atoms with van der Waals surface area (Å²) in [6.45, 7) is 4.49. The molecule has 166 valence electrons. The highest BCUT2D eigenvalue weighted by atomic mass is 19.1. The van der Waals surface area contributed by atoms with Crippen molar-refractivity contribution < 1.29 is 13.9 Å². The van der Waals surface area contributed by atoms with E-state index in [1.165, 1.54) is 12.1 Å². The quantitative estimate of drug-likeness (QED) is 0.591. The Morgan fingerprint density at radius 3 is 2.47 bits per heavy atom. The Labute approximate surface area is 186 Å². The fourth-order valence-electron chi connectivity index (χ4n) is 3.44. The van der Waals surface area contributed by atoms with Crippen LogP contribution in [0.25, 0.3) is 0 Å². The van der Waals surface area contributed by atoms with Crippen LogP contribution in [0.2, 0.25) is 0 Å². The molecule has 3 aromatic rings. The Kier molecular flexibility index (Phi) is 7.08. The first-order valence-electron chi connectivity index (χ1n) is 10.5. The number of hydrogen-bond acceptors (Lipinski definition) is 6. The Morgan fingerprint density at radius 2 is 1.72 bits per heavy atom. The van der Waals surface area contributed by atoms with Gasteiger partial charge in [-0.25, -0.2) is 19.2 Å². The molecule has 2 aromatic carbocycles. The summed E-state index contributed by atoms with van der Waals surface area (Å²) in [5.41, 5.74) is 0.00493. The maximum Gasteiger partial charge on any atom is 0.319 e. The van der Waals surface area contributed by atoms with Gasteiger partial charge in [0.05, 0.1) is 0 Å². The second-order valence-electron chi connectivity index (χ2n) is 7.29. The molecule has 0 bridgehead atoms. The Hall–Kier alpha value is -3.72. The van der Waals surface area contributed by atoms with Gasteiger partial charge in [-0.2, -0.15) is 0 Å². The predicted octanol–water partition coefficient (Wildman–Crippen LogP) is 3.35. The van der Waals surface area contributed by atoms with Crippen LogP contribution in [-0.4, -0.2) is 60.2 Å². The third kappa shape index (κ3) is 5.70. The van der Waals surface area contributed by atoms with E-state index in [9.17, 15) is 9.18 Å². The molecule has 1 aliphatic rings. The molecule has 0 radical (unpaired) electrons. The minimum atomic E-state index is -0.562. The first kappa shape index (κ1) is 21.5. The third-order valence-corrected chi connectivity index (χ3v) is 5.11. The molecule has 1 fully saturated rings. The fourth-order valence-corrected chi connectivity index (χ4v) is 3.44. The van der Waals surface area contributed by atoms with Crippen LogP contribution in [0.5, 0.6) is 11.5 Å². The van der Waals surface area contributed by atoms with E-state index < -0.39 is 11.8 Å². The van der Waals surface area contributed by atoms with Gasteiger partial charge in [0.15, 0.2) is 11.6 Å². The van der Waals surface area contributed by atoms with Crippen LogP contribution in [0.4, 0.5) is 20.8 Å². The van der Waals surface area contributed by atoms with Crippen LogP contribution in [0.15, 0.2) is 67.0 Å². The van der Waals surface area contributed by atoms with Crippen LogP contribution in [0, 0.1) is 5.82 Å². The smallest absolute Gasteiger partial charge is 0.319 e. The molecule has 4 rings (SSSR count). The molecule has 0 saturated carbocycles. The predicted molar refractivity (Wildman–Crippen MR) is 121 cm³/mol. The lowest BCUT2D eigenvalue weighted by Crippen LogP contribution is -2.49. The van der Waals surface area contributed by atoms with E-state index in [0.29, 0.717) is 18.8 Å². The molecule has 2 heterocycles. The summed E-state index contributed by atoms with van der Waals surface area (Å²) >= 11 is 0. The summed E-state index contributed by atoms with van der Waals surface area (Å²) < 4.78 is 20.1. The number of ether oxygens (including phenoxy) is 1. The molecule has 2 amide bonds. The van der Waals surface area contributed by atoms with Crippen molar-refractivity contribution in [1.29, 1.82) is 0 Å². The van der Waals surface area contributed by atoms with Gasteiger partial charge < -0.3 is 20.3 Å². The molecule has 2 N–H and O–H groups in total. The fraction of sp³-hybridized carbons (Fsp3) is 0.261. The summed E-state index contributed by atoms with van der Waals surface area (Å²) in [7, 11) is 0. The average Bonchev–Trinajstić information content (AvgIpc) is 2.83. The highest BCUT2D eigenvalue weighted by Crippen LogP contribution is 2.31. The van der Waals surface area contributed by atoms with Crippen molar-refractivity contribution in [3.63, 3.8) is 0 Å². The normalized spacial score (nSPS) is 14.1. The molecular formula is C23H25FN6O2. The highest BCUT2D eigenvalue weighted by molar-refractivity contribution is 5.91. The van der Waals surface area contributed by atoms with Gasteiger partial charge in [0.1, 0.15) is 11.4 Å². The number of carbonyl (C=O) groups is 1. The molecule has 1 aliphatic heterocycles. The van der Waals surface area contributed by atoms with Crippen molar-refractivity contribution in [2.45, 2.75) is 0 Å². The Balaban J connectivity index is 1.24. The van der Waals surface area contributed by atoms with Crippen molar-refractivity contribution in [2.75, 3.05) is 49.5 Å². The average molecular weight is 436 g/mol. The number of carbonyl (C=O) groups excluding carboxylic acids is 1. The van der Waals surface area contributed by atoms with Gasteiger partial charge in [-0.3, -0.25) is 4.90 Å². The summed E-state index contributed by atoms with van der Waals surface area (Å²) in [6, 6.07) is 14.8. The van der Waals surface area contributed by atoms with Crippen molar-refractivity contribution in [3.05, 3.63) is 72.8 Å². The van der Waals surface area contributed by atoms with E-state index in [-0.39, 0.29) is 11.4 Å². The number of nitrogens with one attached hydrogen (secondary N) is 2. The van der Waals surface area contributed by atoms with Gasteiger partial charge in [-0.05, 0) is 30.3 Å². The van der Waals surface area contributed by atoms with E-state index in [0.717, 1.165) is 32.1 Å². The zero-order valence-electron chi connectivity index (χ0n) is 17.6. The van der Waals surface area contributed by atoms with Crippen LogP contribution in [0.1, 0.15) is 0 Å². The van der Waals surface area contributed by atoms with Gasteiger partial charge in [0.2, 0.25) is 5.95 Å². The standard InChI is InChI=1S/C23H25FN6O2/c24-19-8-4-9-20(32-18-6-2-1-3-7-18)21(19)28-23(31)27-12-13-29-14-16-30(17-15-29)22-25-10-5-11-26-22/h1-11H,12-17H2,(H2,27,28,31). The number of hydrogen-bond donors (Lipinski definition) is 2. The largest absolute Gasteiger partial charge is 0.455 e. The Morgan fingerprint density at radius 1 is 0.969 bits per heavy atom. The number of piperazine rings is 1. The second kappa shape index (κ2) is 10.5. The number of halogens is 1. The molecule has 0 spiro atoms. The monoisotopic (exact) mass is 436 g/mol. The topological polar surface area (TPSA) is 82.6 Å². The van der Waals surface area contributed by atoms with E-state index in [2.05, 4.69) is 30.4 Å². The molecule has 1 saturated heterocycles. The minimum Gasteiger partial charge on any atom is -0.455 e. The lowest BCUT2D eigenvalue weighted by atomic mass is 10.2. The summed E-state index contributed by atoms with van der Waals surface area (Å²) in [6.07, 6.45) is 3.48. The number of anilines is 2. The van der Waals surface area contributed by atoms with Crippen LogP contribution < -0.4 is 20.3 Å². The lowest BCUT2D eigenvalue weighted by molar-refractivity contribution is 0.240. The van der Waals surface area contributed by atoms with E-state index in [4.69, 9.17) is 4.74 Å². The highest BCUT2D eigenvalue weighted by Gasteiger charge is 2.19. The summed E-state index contributed by atoms with van der Waals surface area (Å²) in [5, 5.41) is 5.36. The number of para-hydroxylation sites is 2. The van der Waals surface area contributed by atoms with Gasteiger partial charge in [-0.1, -0.05) is 24.3 Å². The SMILES string of the molecule is O=C(NCCN1CCN(c2ncccn2)CC1)Nc1c(F)cccc1Oc1ccccc1. The molecule has 32 heavy (non-hydrogen) atoms. The van der Waals surface area contributed by atoms with Crippen molar-refractivity contribution in [2.24, 2.45) is 0 Å². The maximum absolute atomic E-state index is 14.4. The van der Waals surface area contributed by atoms with E-state index in [1.54, 1.807) is 36.7 Å². The van der Waals surface area contributed by atoms with Crippen LogP contribution in [-0.2, 0) is 0 Å². The van der Waals surface area contributed by atoms with Gasteiger partial charge in [0.25, 0.3) is 0 Å². The number of aromatic nitrogens is 2. The molecule has 0 aliphatic carbocycles. The van der Waals surface area contributed by atoms with Crippen LogP contribution in [0.3, 0.4) is 0 Å². The van der Waals surface area contributed by atoms with Crippen molar-refractivity contribution in [3.8, 4) is 11.5 Å². The summed E-state index contributed by atoms with van der Waals surface area (Å²) in [4.78, 5) is 25.3. The second-order valence-corrected chi connectivity index (χ2v) is 7.29. The molecule has 9 heteroatoms. The molecule has 0 atom stereocenters. The third-order valence-electron chi connectivity index (χ3n) is 5.11. The Bertz CT molecular complexity index is 1010. The van der Waals surface area contributed by atoms with Crippen molar-refractivity contribution in [1.82, 2.24) is 20.2 Å². The number of rotatable bonds is 7. The summed E-state index contributed by atoms with van der Waals surface area (Å²) in [5.74, 6) is 0.975. The first-order valence-corrected chi connectivity index (χ1v) is 10.5. The number of urea groups is 1. The molecule has 8 nitrogen and oxygen atoms in total. The van der Waals surface area contributed by atoms with E-state index >= 15 is 0 Å². The van der Waals surface area contributed by atoms with Crippen molar-refractivity contribution >= 4 is 17.7 Å². The van der Waals surface area contributed by atoms with Gasteiger partial charge >= 0.3 is 6.03 Å². The molecular weight excluding hydrogens is 411 g/mol. The molecule has 1 aromatic heterocycles. The van der Waals surface area contributed by atoms with E-state index in [1.807, 2.05) is 18.2 Å². The van der Waals surface area contributed by atoms with Crippen LogP contribution >= 0.6 is 0 Å². The van der Waals surface area contributed by atoms with Gasteiger partial charge in [-0.15, -0.1) is 0 Å². The zero-order chi connectivity index (χ0) is 22.2. The number of benzene rings is 2. The number of nitrogens with zero attached hydrogens (tertiary/aromatic N) is 4. The number of amides is 2. The minimum absolute atomic E-state index is 0.00493. The lowest BCUT2D eigenvalue weighted by Gasteiger charge is -2.34. The first-order chi connectivity index (χ1) is 15.7. The van der Waals surface area contributed by atoms with Gasteiger partial charge in [0, 0.05) is 51.7 Å². The zero-order valence-corrected chi connectivity index (χ0v) is 17.6. The maximum atomic E-state index is 14.4. The molecule has 0 unspecified atom stereocenters.